The molecule has 4 nitrogen and oxygen atoms in total. The number of hydrogen-bond donors (Lipinski definition) is 2. The number of nitrogens with zero attached hydrogens (tertiary/aromatic N) is 1. The molecule has 1 amide bonds. The third-order valence-electron chi connectivity index (χ3n) is 14.9. The van der Waals surface area contributed by atoms with Crippen molar-refractivity contribution >= 4 is 12.1 Å². The van der Waals surface area contributed by atoms with E-state index in [1.165, 1.54) is 64.2 Å². The molecular weight excluding hydrogens is 620 g/mol. The molecule has 9 unspecified atom stereocenters. The molecule has 7 rings (SSSR count). The summed E-state index contributed by atoms with van der Waals surface area (Å²) in [5, 5.41) is 14.0. The van der Waals surface area contributed by atoms with Gasteiger partial charge < -0.3 is 10.4 Å². The predicted molar refractivity (Wildman–Crippen MR) is 206 cm³/mol. The van der Waals surface area contributed by atoms with Crippen molar-refractivity contribution in [3.63, 3.8) is 0 Å². The largest absolute Gasteiger partial charge is 0.393 e. The highest BCUT2D eigenvalue weighted by Gasteiger charge is 2.65. The maximum absolute atomic E-state index is 14.2. The maximum Gasteiger partial charge on any atom is 0.207 e. The number of halogens is 1. The molecule has 276 valence electrons. The van der Waals surface area contributed by atoms with Gasteiger partial charge >= 0.3 is 0 Å². The summed E-state index contributed by atoms with van der Waals surface area (Å²) >= 11 is 0. The minimum Gasteiger partial charge on any atom is -0.393 e. The summed E-state index contributed by atoms with van der Waals surface area (Å²) in [7, 11) is 0. The van der Waals surface area contributed by atoms with Crippen LogP contribution in [0.4, 0.5) is 10.2 Å². The Hall–Kier alpha value is -2.66. The molecule has 5 heteroatoms. The number of anilines is 1. The van der Waals surface area contributed by atoms with Crippen LogP contribution in [0.2, 0.25) is 0 Å². The van der Waals surface area contributed by atoms with Crippen LogP contribution < -0.4 is 10.4 Å². The highest BCUT2D eigenvalue weighted by atomic mass is 19.2. The fourth-order valence-electron chi connectivity index (χ4n) is 12.5. The lowest BCUT2D eigenvalue weighted by atomic mass is 9.36. The molecule has 0 aliphatic heterocycles. The highest BCUT2D eigenvalue weighted by molar-refractivity contribution is 5.49. The molecule has 5 aliphatic carbocycles. The third-order valence-corrected chi connectivity index (χ3v) is 14.9. The Kier molecular flexibility index (Phi) is 12.0. The van der Waals surface area contributed by atoms with E-state index in [1.54, 1.807) is 24.3 Å². The number of allylic oxidation sites excluding steroid dienone is 1. The molecule has 2 aromatic carbocycles. The first kappa shape index (κ1) is 38.6. The van der Waals surface area contributed by atoms with Gasteiger partial charge in [-0.2, -0.15) is 0 Å². The Balaban J connectivity index is 0.000000188. The first-order chi connectivity index (χ1) is 23.7. The summed E-state index contributed by atoms with van der Waals surface area (Å²) < 4.78 is 14.2. The van der Waals surface area contributed by atoms with Crippen molar-refractivity contribution in [1.29, 1.82) is 0 Å². The summed E-state index contributed by atoms with van der Waals surface area (Å²) in [6, 6.07) is 14.8. The SMILES string of the molecule is C=CC.CC12CCCC1C1CCC3C(C)(CCC4C(C)(C)C(O)CCC43C)C1CC2.Cc1ccc(CN(F)c2cccc(CNC=O)c2)cc1. The van der Waals surface area contributed by atoms with E-state index < -0.39 is 0 Å². The van der Waals surface area contributed by atoms with Crippen LogP contribution in [0, 0.1) is 58.2 Å². The Labute approximate surface area is 303 Å². The van der Waals surface area contributed by atoms with Crippen molar-refractivity contribution in [2.24, 2.45) is 51.2 Å². The van der Waals surface area contributed by atoms with Crippen LogP contribution >= 0.6 is 0 Å². The average molecular weight is 687 g/mol. The fraction of sp³-hybridized carbons (Fsp3) is 0.667. The number of carbonyl (C=O) groups excluding carboxylic acids is 1. The lowest BCUT2D eigenvalue weighted by Gasteiger charge is -2.69. The summed E-state index contributed by atoms with van der Waals surface area (Å²) in [4.78, 5) is 10.3. The van der Waals surface area contributed by atoms with Gasteiger partial charge in [-0.3, -0.25) is 4.79 Å². The third kappa shape index (κ3) is 7.46. The molecule has 0 aromatic heterocycles. The molecule has 0 heterocycles. The summed E-state index contributed by atoms with van der Waals surface area (Å²) in [6.45, 7) is 20.6. The van der Waals surface area contributed by atoms with Gasteiger partial charge in [0.15, 0.2) is 0 Å². The van der Waals surface area contributed by atoms with Gasteiger partial charge in [-0.15, -0.1) is 6.58 Å². The Morgan fingerprint density at radius 2 is 1.56 bits per heavy atom. The normalized spacial score (nSPS) is 36.3. The fourth-order valence-corrected chi connectivity index (χ4v) is 12.5. The minimum atomic E-state index is -0.0925. The van der Waals surface area contributed by atoms with E-state index >= 15 is 0 Å². The van der Waals surface area contributed by atoms with Crippen molar-refractivity contribution in [3.05, 3.63) is 77.9 Å². The molecule has 9 atom stereocenters. The molecule has 5 aliphatic rings. The summed E-state index contributed by atoms with van der Waals surface area (Å²) in [5.74, 6) is 4.64. The number of nitrogens with one attached hydrogen (secondary N) is 1. The quantitative estimate of drug-likeness (QED) is 0.181. The number of carbonyl (C=O) groups is 1. The number of rotatable bonds is 6. The zero-order valence-electron chi connectivity index (χ0n) is 32.3. The Morgan fingerprint density at radius 1 is 0.860 bits per heavy atom. The van der Waals surface area contributed by atoms with E-state index in [2.05, 4.69) is 46.5 Å². The van der Waals surface area contributed by atoms with Crippen molar-refractivity contribution in [2.75, 3.05) is 5.12 Å². The van der Waals surface area contributed by atoms with Crippen molar-refractivity contribution in [3.8, 4) is 0 Å². The van der Waals surface area contributed by atoms with Gasteiger partial charge in [0.25, 0.3) is 0 Å². The van der Waals surface area contributed by atoms with E-state index in [9.17, 15) is 14.4 Å². The molecule has 0 saturated heterocycles. The van der Waals surface area contributed by atoms with Gasteiger partial charge in [-0.05, 0) is 153 Å². The van der Waals surface area contributed by atoms with E-state index in [0.29, 0.717) is 45.9 Å². The average Bonchev–Trinajstić information content (AvgIpc) is 3.49. The van der Waals surface area contributed by atoms with Crippen LogP contribution in [0.3, 0.4) is 0 Å². The molecule has 2 aromatic rings. The predicted octanol–water partition coefficient (Wildman–Crippen LogP) is 11.2. The first-order valence-corrected chi connectivity index (χ1v) is 19.7. The minimum absolute atomic E-state index is 0.0925. The van der Waals surface area contributed by atoms with Crippen molar-refractivity contribution in [2.45, 2.75) is 138 Å². The molecule has 0 radical (unpaired) electrons. The second-order valence-corrected chi connectivity index (χ2v) is 18.2. The number of fused-ring (bicyclic) bond motifs is 7. The number of amides is 1. The van der Waals surface area contributed by atoms with Crippen molar-refractivity contribution < 1.29 is 14.4 Å². The first-order valence-electron chi connectivity index (χ1n) is 19.7. The van der Waals surface area contributed by atoms with Crippen LogP contribution in [0.25, 0.3) is 0 Å². The number of benzene rings is 2. The van der Waals surface area contributed by atoms with Crippen LogP contribution in [0.1, 0.15) is 129 Å². The summed E-state index contributed by atoms with van der Waals surface area (Å²) in [5.41, 5.74) is 5.21. The number of aliphatic hydroxyl groups is 1. The molecule has 5 fully saturated rings. The van der Waals surface area contributed by atoms with Gasteiger partial charge in [-0.25, -0.2) is 5.12 Å². The second-order valence-electron chi connectivity index (χ2n) is 18.2. The van der Waals surface area contributed by atoms with Gasteiger partial charge in [0, 0.05) is 6.54 Å². The smallest absolute Gasteiger partial charge is 0.207 e. The molecule has 0 spiro atoms. The van der Waals surface area contributed by atoms with Gasteiger partial charge in [0.05, 0.1) is 18.3 Å². The molecular formula is C45H67FN2O2. The zero-order valence-corrected chi connectivity index (χ0v) is 32.3. The number of aliphatic hydroxyl groups excluding tert-OH is 1. The Bertz CT molecular complexity index is 1440. The molecule has 5 saturated carbocycles. The van der Waals surface area contributed by atoms with Crippen LogP contribution in [0.15, 0.2) is 61.2 Å². The van der Waals surface area contributed by atoms with Crippen LogP contribution in [0.5, 0.6) is 0 Å². The number of hydrogen-bond acceptors (Lipinski definition) is 3. The zero-order chi connectivity index (χ0) is 36.3. The van der Waals surface area contributed by atoms with Crippen LogP contribution in [-0.4, -0.2) is 17.6 Å². The topological polar surface area (TPSA) is 52.6 Å². The standard InChI is InChI=1S/C26H44O.C16H17FN2O.C3H6/c1-23(2)20-11-15-25(4)19-10-14-24(3)13-6-7-18(24)17(19)8-9-21(25)26(20,5)16-12-22(23)27;1-13-5-7-14(8-6-13)11-19(17)16-4-2-3-15(9-16)10-18-12-20;1-3-2/h17-22,27H,6-16H2,1-5H3;2-9,12H,10-11H2,1H3,(H,18,20);3H,1H2,2H3. The van der Waals surface area contributed by atoms with Gasteiger partial charge in [0.2, 0.25) is 6.41 Å². The summed E-state index contributed by atoms with van der Waals surface area (Å²) in [6.07, 6.45) is 17.9. The molecule has 0 bridgehead atoms. The highest BCUT2D eigenvalue weighted by Crippen LogP contribution is 2.72. The molecule has 2 N–H and O–H groups in total. The lowest BCUT2D eigenvalue weighted by molar-refractivity contribution is -0.213. The Morgan fingerprint density at radius 3 is 2.26 bits per heavy atom. The van der Waals surface area contributed by atoms with Crippen LogP contribution in [-0.2, 0) is 17.9 Å². The molecule has 50 heavy (non-hydrogen) atoms. The second kappa shape index (κ2) is 15.5. The lowest BCUT2D eigenvalue weighted by Crippen LogP contribution is -2.63. The number of aryl methyl sites for hydroxylation is 1. The monoisotopic (exact) mass is 687 g/mol. The maximum atomic E-state index is 14.2. The van der Waals surface area contributed by atoms with E-state index in [4.69, 9.17) is 0 Å². The van der Waals surface area contributed by atoms with Gasteiger partial charge in [0.1, 0.15) is 0 Å². The van der Waals surface area contributed by atoms with Crippen molar-refractivity contribution in [1.82, 2.24) is 5.32 Å². The van der Waals surface area contributed by atoms with E-state index in [-0.39, 0.29) is 18.1 Å². The van der Waals surface area contributed by atoms with E-state index in [1.807, 2.05) is 44.2 Å². The van der Waals surface area contributed by atoms with E-state index in [0.717, 1.165) is 46.8 Å². The van der Waals surface area contributed by atoms with Gasteiger partial charge in [-0.1, -0.05) is 93.6 Å².